The molecule has 7 nitrogen and oxygen atoms in total. The van der Waals surface area contributed by atoms with Gasteiger partial charge in [0, 0.05) is 25.2 Å². The molecule has 42 heavy (non-hydrogen) atoms. The van der Waals surface area contributed by atoms with Crippen LogP contribution in [-0.4, -0.2) is 66.6 Å². The predicted molar refractivity (Wildman–Crippen MR) is 146 cm³/mol. The number of carboxylic acids is 1. The highest BCUT2D eigenvalue weighted by Gasteiger charge is 2.50. The Morgan fingerprint density at radius 1 is 0.881 bits per heavy atom. The Labute approximate surface area is 242 Å². The molecule has 3 heterocycles. The number of carboxylic acid groups (broad SMARTS) is 1. The van der Waals surface area contributed by atoms with Crippen LogP contribution in [0.1, 0.15) is 24.0 Å². The molecule has 3 aromatic carbocycles. The summed E-state index contributed by atoms with van der Waals surface area (Å²) in [5.41, 5.74) is -0.267. The number of rotatable bonds is 9. The number of piperidine rings is 3. The van der Waals surface area contributed by atoms with Crippen LogP contribution in [0.15, 0.2) is 91.0 Å². The van der Waals surface area contributed by atoms with Crippen molar-refractivity contribution in [1.82, 2.24) is 0 Å². The summed E-state index contributed by atoms with van der Waals surface area (Å²) >= 11 is 0. The predicted octanol–water partition coefficient (Wildman–Crippen LogP) is 3.65. The molecule has 3 aliphatic rings. The Bertz CT molecular complexity index is 1300. The number of nitrogens with zero attached hydrogens (tertiary/aromatic N) is 1. The highest BCUT2D eigenvalue weighted by molar-refractivity contribution is 5.81. The Kier molecular flexibility index (Phi) is 9.90. The monoisotopic (exact) mass is 585 g/mol. The topological polar surface area (TPSA) is 95.9 Å². The second-order valence-electron chi connectivity index (χ2n) is 10.8. The van der Waals surface area contributed by atoms with Crippen molar-refractivity contribution in [2.45, 2.75) is 37.1 Å². The molecule has 3 saturated heterocycles. The molecule has 0 amide bonds. The molecule has 6 rings (SSSR count). The number of para-hydroxylation sites is 1. The van der Waals surface area contributed by atoms with Crippen LogP contribution in [0.2, 0.25) is 0 Å². The Hall–Kier alpha value is -3.89. The van der Waals surface area contributed by atoms with E-state index >= 15 is 0 Å². The van der Waals surface area contributed by atoms with Gasteiger partial charge in [0.05, 0.1) is 13.1 Å². The van der Waals surface area contributed by atoms with Crippen LogP contribution in [-0.2, 0) is 26.3 Å². The van der Waals surface area contributed by atoms with Crippen LogP contribution in [0.5, 0.6) is 5.75 Å². The van der Waals surface area contributed by atoms with E-state index in [0.29, 0.717) is 18.1 Å². The van der Waals surface area contributed by atoms with Gasteiger partial charge in [0.2, 0.25) is 0 Å². The zero-order chi connectivity index (χ0) is 30.2. The molecule has 3 aromatic rings. The lowest BCUT2D eigenvalue weighted by Crippen LogP contribution is -2.65. The molecule has 2 bridgehead atoms. The molecule has 0 aromatic heterocycles. The summed E-state index contributed by atoms with van der Waals surface area (Å²) in [5, 5.41) is 20.5. The van der Waals surface area contributed by atoms with Crippen molar-refractivity contribution in [2.75, 3.05) is 32.8 Å². The van der Waals surface area contributed by atoms with Gasteiger partial charge in [0.1, 0.15) is 31.4 Å². The van der Waals surface area contributed by atoms with E-state index in [-0.39, 0.29) is 12.5 Å². The van der Waals surface area contributed by atoms with Crippen molar-refractivity contribution >= 4 is 11.9 Å². The van der Waals surface area contributed by atoms with Gasteiger partial charge < -0.3 is 29.0 Å². The number of carbonyl (C=O) groups excluding carboxylic acids is 2. The maximum atomic E-state index is 13.6. The van der Waals surface area contributed by atoms with Crippen molar-refractivity contribution in [3.05, 3.63) is 102 Å². The molecule has 0 radical (unpaired) electrons. The van der Waals surface area contributed by atoms with Crippen molar-refractivity contribution in [1.29, 1.82) is 0 Å². The highest BCUT2D eigenvalue weighted by atomic mass is 19.4. The first kappa shape index (κ1) is 31.1. The summed E-state index contributed by atoms with van der Waals surface area (Å²) in [6.07, 6.45) is -3.14. The number of halogens is 3. The van der Waals surface area contributed by atoms with Gasteiger partial charge in [-0.15, -0.1) is 0 Å². The SMILES string of the molecule is O=C(O[C@H]1C[N+]2(CCOc3ccccc3)CCC1CC2)C(O)(Cc1ccccc1)c1ccccc1.O=C([O-])C(F)(F)F. The summed E-state index contributed by atoms with van der Waals surface area (Å²) in [5.74, 6) is -2.32. The van der Waals surface area contributed by atoms with Gasteiger partial charge in [-0.2, -0.15) is 13.2 Å². The average Bonchev–Trinajstić information content (AvgIpc) is 2.99. The third-order valence-corrected chi connectivity index (χ3v) is 8.00. The lowest BCUT2D eigenvalue weighted by molar-refractivity contribution is -0.946. The van der Waals surface area contributed by atoms with Crippen LogP contribution in [0.25, 0.3) is 0 Å². The number of aliphatic carboxylic acids is 1. The van der Waals surface area contributed by atoms with Crippen LogP contribution in [0.3, 0.4) is 0 Å². The lowest BCUT2D eigenvalue weighted by atomic mass is 9.82. The van der Waals surface area contributed by atoms with Crippen molar-refractivity contribution in [2.24, 2.45) is 5.92 Å². The van der Waals surface area contributed by atoms with Gasteiger partial charge in [-0.05, 0) is 23.3 Å². The summed E-state index contributed by atoms with van der Waals surface area (Å²) in [7, 11) is 0. The largest absolute Gasteiger partial charge is 0.542 e. The number of hydrogen-bond acceptors (Lipinski definition) is 6. The van der Waals surface area contributed by atoms with E-state index in [1.54, 1.807) is 12.1 Å². The fourth-order valence-electron chi connectivity index (χ4n) is 5.68. The molecule has 2 atom stereocenters. The number of hydrogen-bond donors (Lipinski definition) is 1. The van der Waals surface area contributed by atoms with Crippen LogP contribution >= 0.6 is 0 Å². The molecule has 1 N–H and O–H groups in total. The first-order valence-corrected chi connectivity index (χ1v) is 13.8. The smallest absolute Gasteiger partial charge is 0.430 e. The van der Waals surface area contributed by atoms with E-state index in [1.165, 1.54) is 0 Å². The first-order chi connectivity index (χ1) is 20.0. The molecule has 224 valence electrons. The van der Waals surface area contributed by atoms with Crippen LogP contribution in [0.4, 0.5) is 13.2 Å². The summed E-state index contributed by atoms with van der Waals surface area (Å²) in [6, 6.07) is 28.7. The van der Waals surface area contributed by atoms with E-state index in [2.05, 4.69) is 0 Å². The Morgan fingerprint density at radius 3 is 1.95 bits per heavy atom. The second kappa shape index (κ2) is 13.4. The Morgan fingerprint density at radius 2 is 1.40 bits per heavy atom. The van der Waals surface area contributed by atoms with E-state index in [0.717, 1.165) is 54.8 Å². The lowest BCUT2D eigenvalue weighted by Gasteiger charge is -2.52. The maximum absolute atomic E-state index is 13.6. The molecular weight excluding hydrogens is 551 g/mol. The first-order valence-electron chi connectivity index (χ1n) is 13.8. The van der Waals surface area contributed by atoms with Crippen molar-refractivity contribution in [3.63, 3.8) is 0 Å². The molecular formula is C32H34F3NO6. The fourth-order valence-corrected chi connectivity index (χ4v) is 5.68. The molecule has 3 aliphatic heterocycles. The van der Waals surface area contributed by atoms with Crippen LogP contribution in [0, 0.1) is 5.92 Å². The van der Waals surface area contributed by atoms with Gasteiger partial charge >= 0.3 is 12.1 Å². The van der Waals surface area contributed by atoms with Crippen molar-refractivity contribution < 1.29 is 46.9 Å². The third kappa shape index (κ3) is 7.89. The summed E-state index contributed by atoms with van der Waals surface area (Å²) in [6.45, 7) is 4.48. The molecule has 1 unspecified atom stereocenters. The summed E-state index contributed by atoms with van der Waals surface area (Å²) in [4.78, 5) is 22.4. The number of quaternary nitrogens is 1. The third-order valence-electron chi connectivity index (χ3n) is 8.00. The van der Waals surface area contributed by atoms with E-state index in [4.69, 9.17) is 19.4 Å². The average molecular weight is 586 g/mol. The zero-order valence-corrected chi connectivity index (χ0v) is 23.0. The zero-order valence-electron chi connectivity index (χ0n) is 23.0. The number of fused-ring (bicyclic) bond motifs is 3. The number of carbonyl (C=O) groups is 2. The van der Waals surface area contributed by atoms with Gasteiger partial charge in [-0.3, -0.25) is 0 Å². The van der Waals surface area contributed by atoms with Gasteiger partial charge in [0.25, 0.3) is 0 Å². The second-order valence-corrected chi connectivity index (χ2v) is 10.8. The van der Waals surface area contributed by atoms with Gasteiger partial charge in [0.15, 0.2) is 11.7 Å². The fraction of sp³-hybridized carbons (Fsp3) is 0.375. The number of esters is 1. The standard InChI is InChI=1S/C30H34NO4.C2HF3O2/c32-29(30(33,26-12-6-2-7-13-26)22-24-10-4-1-5-11-24)35-28-23-31(18-16-25(28)17-19-31)20-21-34-27-14-8-3-9-15-27;3-2(4,5)1(6)7/h1-15,25,28,33H,16-23H2;(H,6,7)/q+1;/p-1/t25?,28-,30?,31?;/m0./s1. The summed E-state index contributed by atoms with van der Waals surface area (Å²) < 4.78 is 44.6. The quantitative estimate of drug-likeness (QED) is 0.304. The molecule has 0 aliphatic carbocycles. The van der Waals surface area contributed by atoms with E-state index in [1.807, 2.05) is 78.9 Å². The van der Waals surface area contributed by atoms with Gasteiger partial charge in [-0.25, -0.2) is 4.79 Å². The van der Waals surface area contributed by atoms with E-state index in [9.17, 15) is 23.1 Å². The molecule has 3 fully saturated rings. The van der Waals surface area contributed by atoms with E-state index < -0.39 is 23.7 Å². The number of benzene rings is 3. The number of aliphatic hydroxyl groups is 1. The maximum Gasteiger partial charge on any atom is 0.430 e. The minimum atomic E-state index is -5.19. The molecule has 0 saturated carbocycles. The van der Waals surface area contributed by atoms with Crippen molar-refractivity contribution in [3.8, 4) is 5.75 Å². The minimum absolute atomic E-state index is 0.180. The molecule has 0 spiro atoms. The minimum Gasteiger partial charge on any atom is -0.542 e. The van der Waals surface area contributed by atoms with Gasteiger partial charge in [-0.1, -0.05) is 78.9 Å². The number of alkyl halides is 3. The number of ether oxygens (including phenoxy) is 2. The normalized spacial score (nSPS) is 22.7. The molecule has 10 heteroatoms. The van der Waals surface area contributed by atoms with Crippen LogP contribution < -0.4 is 9.84 Å². The Balaban J connectivity index is 0.000000517. The highest BCUT2D eigenvalue weighted by Crippen LogP contribution is 2.37.